The molecule has 1 aromatic carbocycles. The maximum atomic E-state index is 12.6. The number of carbonyl (C=O) groups excluding carboxylic acids is 2. The molecule has 260 valence electrons. The molecular formula is C35H53N5O7. The van der Waals surface area contributed by atoms with Crippen LogP contribution in [0.1, 0.15) is 91.0 Å². The van der Waals surface area contributed by atoms with Gasteiger partial charge in [0.25, 0.3) is 0 Å². The number of fused-ring (bicyclic) bond motifs is 1. The van der Waals surface area contributed by atoms with E-state index in [0.29, 0.717) is 61.7 Å². The van der Waals surface area contributed by atoms with E-state index in [1.807, 2.05) is 23.0 Å². The molecule has 0 atom stereocenters. The molecule has 0 aliphatic heterocycles. The number of rotatable bonds is 22. The van der Waals surface area contributed by atoms with Gasteiger partial charge in [-0.25, -0.2) is 9.59 Å². The van der Waals surface area contributed by atoms with Crippen molar-refractivity contribution in [1.82, 2.24) is 25.6 Å². The molecule has 3 rings (SSSR count). The minimum absolute atomic E-state index is 0.0319. The van der Waals surface area contributed by atoms with Crippen molar-refractivity contribution in [3.05, 3.63) is 46.4 Å². The third kappa shape index (κ3) is 15.1. The predicted molar refractivity (Wildman–Crippen MR) is 181 cm³/mol. The van der Waals surface area contributed by atoms with Crippen LogP contribution in [0.3, 0.4) is 0 Å². The number of hydrogen-bond acceptors (Lipinski definition) is 9. The number of hydrogen-bond donors (Lipinski definition) is 2. The number of alkyl carbamates (subject to hydrolysis) is 1. The quantitative estimate of drug-likeness (QED) is 0.101. The van der Waals surface area contributed by atoms with Gasteiger partial charge in [-0.15, -0.1) is 5.10 Å². The van der Waals surface area contributed by atoms with Crippen molar-refractivity contribution in [2.45, 2.75) is 104 Å². The lowest BCUT2D eigenvalue weighted by Gasteiger charge is -2.19. The van der Waals surface area contributed by atoms with Crippen LogP contribution in [0.25, 0.3) is 22.2 Å². The third-order valence-electron chi connectivity index (χ3n) is 7.36. The number of ether oxygens (including phenoxy) is 3. The van der Waals surface area contributed by atoms with Gasteiger partial charge in [0.15, 0.2) is 0 Å². The van der Waals surface area contributed by atoms with E-state index in [9.17, 15) is 14.4 Å². The second-order valence-corrected chi connectivity index (χ2v) is 12.7. The molecule has 0 aliphatic rings. The summed E-state index contributed by atoms with van der Waals surface area (Å²) in [7, 11) is 0. The lowest BCUT2D eigenvalue weighted by molar-refractivity contribution is -0.120. The minimum atomic E-state index is -0.544. The second kappa shape index (κ2) is 20.5. The number of nitrogens with zero attached hydrogens (tertiary/aromatic N) is 3. The Balaban J connectivity index is 1.36. The number of unbranched alkanes of at least 4 members (excludes halogenated alkanes) is 8. The first-order chi connectivity index (χ1) is 22.6. The summed E-state index contributed by atoms with van der Waals surface area (Å²) in [6.45, 7) is 10.5. The van der Waals surface area contributed by atoms with Gasteiger partial charge in [0, 0.05) is 36.7 Å². The number of carbonyl (C=O) groups is 2. The molecule has 0 radical (unpaired) electrons. The molecule has 0 unspecified atom stereocenters. The van der Waals surface area contributed by atoms with Crippen molar-refractivity contribution in [2.75, 3.05) is 39.5 Å². The summed E-state index contributed by atoms with van der Waals surface area (Å²) in [6, 6.07) is 6.88. The number of amides is 2. The Bertz CT molecular complexity index is 1430. The lowest BCUT2D eigenvalue weighted by atomic mass is 10.0. The van der Waals surface area contributed by atoms with Gasteiger partial charge in [-0.3, -0.25) is 9.48 Å². The first-order valence-corrected chi connectivity index (χ1v) is 17.0. The molecule has 0 aliphatic carbocycles. The topological polar surface area (TPSA) is 147 Å². The van der Waals surface area contributed by atoms with Gasteiger partial charge in [-0.1, -0.05) is 75.6 Å². The molecule has 0 saturated carbocycles. The maximum absolute atomic E-state index is 12.6. The van der Waals surface area contributed by atoms with E-state index in [1.165, 1.54) is 57.4 Å². The van der Waals surface area contributed by atoms with E-state index in [4.69, 9.17) is 18.6 Å². The van der Waals surface area contributed by atoms with E-state index in [2.05, 4.69) is 27.9 Å². The zero-order chi connectivity index (χ0) is 33.9. The summed E-state index contributed by atoms with van der Waals surface area (Å²) in [5.74, 6) is -0.228. The second-order valence-electron chi connectivity index (χ2n) is 12.7. The summed E-state index contributed by atoms with van der Waals surface area (Å²) in [5, 5.41) is 14.7. The molecule has 47 heavy (non-hydrogen) atoms. The maximum Gasteiger partial charge on any atom is 0.407 e. The Labute approximate surface area is 277 Å². The van der Waals surface area contributed by atoms with Crippen LogP contribution in [0.2, 0.25) is 0 Å². The van der Waals surface area contributed by atoms with Gasteiger partial charge < -0.3 is 29.3 Å². The van der Waals surface area contributed by atoms with Crippen LogP contribution in [0.5, 0.6) is 0 Å². The molecule has 0 spiro atoms. The number of benzene rings is 1. The number of aromatic nitrogens is 3. The Hall–Kier alpha value is -3.77. The Morgan fingerprint density at radius 3 is 2.21 bits per heavy atom. The highest BCUT2D eigenvalue weighted by Crippen LogP contribution is 2.25. The third-order valence-corrected chi connectivity index (χ3v) is 7.36. The Morgan fingerprint density at radius 2 is 1.53 bits per heavy atom. The normalized spacial score (nSPS) is 11.6. The van der Waals surface area contributed by atoms with Crippen LogP contribution in [-0.4, -0.2) is 72.1 Å². The first kappa shape index (κ1) is 37.7. The first-order valence-electron chi connectivity index (χ1n) is 17.0. The van der Waals surface area contributed by atoms with Crippen molar-refractivity contribution >= 4 is 23.0 Å². The van der Waals surface area contributed by atoms with E-state index in [-0.39, 0.29) is 12.3 Å². The fraction of sp³-hybridized carbons (Fsp3) is 0.629. The molecule has 2 aromatic heterocycles. The molecule has 0 fully saturated rings. The van der Waals surface area contributed by atoms with Crippen LogP contribution in [-0.2, 0) is 32.0 Å². The van der Waals surface area contributed by atoms with Crippen LogP contribution >= 0.6 is 0 Å². The molecule has 12 heteroatoms. The van der Waals surface area contributed by atoms with E-state index in [1.54, 1.807) is 26.8 Å². The van der Waals surface area contributed by atoms with Gasteiger partial charge in [0.2, 0.25) is 5.91 Å². The van der Waals surface area contributed by atoms with Crippen molar-refractivity contribution in [2.24, 2.45) is 0 Å². The molecule has 12 nitrogen and oxygen atoms in total. The summed E-state index contributed by atoms with van der Waals surface area (Å²) in [4.78, 5) is 36.5. The zero-order valence-corrected chi connectivity index (χ0v) is 28.6. The highest BCUT2D eigenvalue weighted by molar-refractivity contribution is 5.89. The van der Waals surface area contributed by atoms with Gasteiger partial charge >= 0.3 is 11.7 Å². The minimum Gasteiger partial charge on any atom is -0.444 e. The molecule has 0 saturated heterocycles. The van der Waals surface area contributed by atoms with E-state index in [0.717, 1.165) is 18.5 Å². The van der Waals surface area contributed by atoms with Crippen molar-refractivity contribution in [1.29, 1.82) is 0 Å². The highest BCUT2D eigenvalue weighted by Gasteiger charge is 2.15. The van der Waals surface area contributed by atoms with Crippen LogP contribution in [0.15, 0.2) is 39.7 Å². The van der Waals surface area contributed by atoms with Gasteiger partial charge in [-0.2, -0.15) is 0 Å². The van der Waals surface area contributed by atoms with E-state index < -0.39 is 17.3 Å². The van der Waals surface area contributed by atoms with E-state index >= 15 is 0 Å². The summed E-state index contributed by atoms with van der Waals surface area (Å²) in [6.07, 6.45) is 12.9. The predicted octanol–water partition coefficient (Wildman–Crippen LogP) is 5.80. The smallest absolute Gasteiger partial charge is 0.407 e. The van der Waals surface area contributed by atoms with Crippen LogP contribution in [0, 0.1) is 0 Å². The van der Waals surface area contributed by atoms with Gasteiger partial charge in [0.1, 0.15) is 16.9 Å². The summed E-state index contributed by atoms with van der Waals surface area (Å²) in [5.41, 5.74) is 1.42. The van der Waals surface area contributed by atoms with Crippen molar-refractivity contribution in [3.8, 4) is 11.3 Å². The average molecular weight is 656 g/mol. The fourth-order valence-corrected chi connectivity index (χ4v) is 5.02. The van der Waals surface area contributed by atoms with Crippen LogP contribution in [0.4, 0.5) is 4.79 Å². The lowest BCUT2D eigenvalue weighted by Crippen LogP contribution is -2.34. The molecule has 3 aromatic rings. The summed E-state index contributed by atoms with van der Waals surface area (Å²) >= 11 is 0. The largest absolute Gasteiger partial charge is 0.444 e. The standard InChI is InChI=1S/C35H53N5O7/c1-5-6-7-8-9-10-11-12-13-18-40-26-30(38-39-40)27-14-15-29-28(25-33(42)46-31(29)23-27)24-32(41)36-16-19-44-21-22-45-20-17-37-34(43)47-35(2,3)4/h14-15,23,25-26H,5-13,16-22,24H2,1-4H3,(H,36,41)(H,37,43). The summed E-state index contributed by atoms with van der Waals surface area (Å²) < 4.78 is 23.4. The molecule has 2 amide bonds. The van der Waals surface area contributed by atoms with Gasteiger partial charge in [-0.05, 0) is 38.8 Å². The van der Waals surface area contributed by atoms with Crippen molar-refractivity contribution < 1.29 is 28.2 Å². The number of aryl methyl sites for hydroxylation is 1. The molecule has 2 heterocycles. The molecule has 2 N–H and O–H groups in total. The Morgan fingerprint density at radius 1 is 0.872 bits per heavy atom. The average Bonchev–Trinajstić information content (AvgIpc) is 3.49. The Kier molecular flexibility index (Phi) is 16.4. The van der Waals surface area contributed by atoms with Gasteiger partial charge in [0.05, 0.1) is 39.0 Å². The fourth-order valence-electron chi connectivity index (χ4n) is 5.02. The van der Waals surface area contributed by atoms with Crippen molar-refractivity contribution in [3.63, 3.8) is 0 Å². The molecule has 0 bridgehead atoms. The molecular weight excluding hydrogens is 602 g/mol. The zero-order valence-electron chi connectivity index (χ0n) is 28.6. The number of nitrogens with one attached hydrogen (secondary N) is 2. The SMILES string of the molecule is CCCCCCCCCCCn1cc(-c2ccc3c(CC(=O)NCCOCCOCCNC(=O)OC(C)(C)C)cc(=O)oc3c2)nn1. The highest BCUT2D eigenvalue weighted by atomic mass is 16.6. The monoisotopic (exact) mass is 655 g/mol. The van der Waals surface area contributed by atoms with Crippen LogP contribution < -0.4 is 16.3 Å².